The van der Waals surface area contributed by atoms with Gasteiger partial charge in [-0.25, -0.2) is 0 Å². The van der Waals surface area contributed by atoms with Crippen LogP contribution >= 0.6 is 0 Å². The van der Waals surface area contributed by atoms with E-state index in [1.165, 1.54) is 96.3 Å². The summed E-state index contributed by atoms with van der Waals surface area (Å²) in [6.45, 7) is 9.14. The van der Waals surface area contributed by atoms with Gasteiger partial charge in [0.15, 0.2) is 0 Å². The molecule has 3 unspecified atom stereocenters. The lowest BCUT2D eigenvalue weighted by molar-refractivity contribution is 0.118. The predicted molar refractivity (Wildman–Crippen MR) is 114 cm³/mol. The molecule has 0 spiro atoms. The van der Waals surface area contributed by atoms with Gasteiger partial charge in [0.1, 0.15) is 0 Å². The van der Waals surface area contributed by atoms with Crippen LogP contribution < -0.4 is 0 Å². The molecule has 25 heavy (non-hydrogen) atoms. The zero-order valence-electron chi connectivity index (χ0n) is 18.2. The molecule has 0 aromatic carbocycles. The van der Waals surface area contributed by atoms with E-state index in [1.54, 1.807) is 0 Å². The van der Waals surface area contributed by atoms with Crippen LogP contribution in [0.1, 0.15) is 137 Å². The summed E-state index contributed by atoms with van der Waals surface area (Å²) in [5.74, 6) is 1.66. The van der Waals surface area contributed by atoms with Crippen LogP contribution in [0.5, 0.6) is 0 Å². The molecule has 0 fully saturated rings. The standard InChI is InChI=1S/C24H50O/c1-5-9-13-14-15-18-22(16-10-6-2)20-23(17-11-7-3)21-24(25)19-12-8-4/h22-25H,5-21H2,1-4H3. The molecule has 0 aromatic heterocycles. The van der Waals surface area contributed by atoms with Gasteiger partial charge >= 0.3 is 0 Å². The van der Waals surface area contributed by atoms with Crippen LogP contribution in [0.25, 0.3) is 0 Å². The summed E-state index contributed by atoms with van der Waals surface area (Å²) in [6.07, 6.45) is 22.3. The minimum absolute atomic E-state index is 0.0572. The summed E-state index contributed by atoms with van der Waals surface area (Å²) in [7, 11) is 0. The predicted octanol–water partition coefficient (Wildman–Crippen LogP) is 8.29. The lowest BCUT2D eigenvalue weighted by Gasteiger charge is -2.26. The van der Waals surface area contributed by atoms with E-state index in [1.807, 2.05) is 0 Å². The first-order valence-electron chi connectivity index (χ1n) is 11.9. The van der Waals surface area contributed by atoms with Crippen molar-refractivity contribution in [2.75, 3.05) is 0 Å². The molecule has 0 aliphatic rings. The van der Waals surface area contributed by atoms with Gasteiger partial charge in [-0.2, -0.15) is 0 Å². The molecule has 0 saturated heterocycles. The Kier molecular flexibility index (Phi) is 18.7. The van der Waals surface area contributed by atoms with E-state index in [0.717, 1.165) is 24.7 Å². The highest BCUT2D eigenvalue weighted by atomic mass is 16.3. The fraction of sp³-hybridized carbons (Fsp3) is 1.00. The second kappa shape index (κ2) is 18.7. The van der Waals surface area contributed by atoms with Crippen LogP contribution in [-0.2, 0) is 0 Å². The summed E-state index contributed by atoms with van der Waals surface area (Å²) in [6, 6.07) is 0. The molecule has 0 bridgehead atoms. The first-order chi connectivity index (χ1) is 12.2. The molecule has 0 aliphatic heterocycles. The van der Waals surface area contributed by atoms with Crippen molar-refractivity contribution in [1.29, 1.82) is 0 Å². The minimum atomic E-state index is -0.0572. The molecular formula is C24H50O. The lowest BCUT2D eigenvalue weighted by Crippen LogP contribution is -2.17. The second-order valence-corrected chi connectivity index (χ2v) is 8.49. The Morgan fingerprint density at radius 1 is 0.480 bits per heavy atom. The second-order valence-electron chi connectivity index (χ2n) is 8.49. The molecule has 0 aliphatic carbocycles. The summed E-state index contributed by atoms with van der Waals surface area (Å²) in [4.78, 5) is 0. The van der Waals surface area contributed by atoms with Gasteiger partial charge in [0.05, 0.1) is 6.10 Å². The Morgan fingerprint density at radius 2 is 0.960 bits per heavy atom. The molecule has 0 aromatic rings. The molecule has 3 atom stereocenters. The third-order valence-corrected chi connectivity index (χ3v) is 5.81. The monoisotopic (exact) mass is 354 g/mol. The number of aliphatic hydroxyl groups is 1. The van der Waals surface area contributed by atoms with Gasteiger partial charge in [0.25, 0.3) is 0 Å². The molecule has 152 valence electrons. The quantitative estimate of drug-likeness (QED) is 0.231. The maximum absolute atomic E-state index is 10.4. The van der Waals surface area contributed by atoms with Crippen molar-refractivity contribution >= 4 is 0 Å². The van der Waals surface area contributed by atoms with E-state index in [0.29, 0.717) is 0 Å². The SMILES string of the molecule is CCCCCCCC(CCCC)CC(CCCC)CC(O)CCCC. The Hall–Kier alpha value is -0.0400. The van der Waals surface area contributed by atoms with Gasteiger partial charge in [-0.05, 0) is 31.1 Å². The smallest absolute Gasteiger partial charge is 0.0542 e. The highest BCUT2D eigenvalue weighted by molar-refractivity contribution is 4.71. The van der Waals surface area contributed by atoms with Crippen LogP contribution in [0.4, 0.5) is 0 Å². The maximum Gasteiger partial charge on any atom is 0.0542 e. The molecule has 1 nitrogen and oxygen atoms in total. The average molecular weight is 355 g/mol. The molecule has 0 heterocycles. The van der Waals surface area contributed by atoms with Crippen molar-refractivity contribution in [1.82, 2.24) is 0 Å². The van der Waals surface area contributed by atoms with Gasteiger partial charge in [0.2, 0.25) is 0 Å². The third-order valence-electron chi connectivity index (χ3n) is 5.81. The third kappa shape index (κ3) is 15.9. The normalized spacial score (nSPS) is 15.2. The van der Waals surface area contributed by atoms with Crippen LogP contribution in [0.3, 0.4) is 0 Å². The number of aliphatic hydroxyl groups excluding tert-OH is 1. The highest BCUT2D eigenvalue weighted by Crippen LogP contribution is 2.30. The number of unbranched alkanes of at least 4 members (excludes halogenated alkanes) is 7. The van der Waals surface area contributed by atoms with Crippen LogP contribution in [-0.4, -0.2) is 11.2 Å². The van der Waals surface area contributed by atoms with E-state index in [9.17, 15) is 5.11 Å². The molecule has 0 amide bonds. The van der Waals surface area contributed by atoms with E-state index in [2.05, 4.69) is 27.7 Å². The lowest BCUT2D eigenvalue weighted by atomic mass is 9.81. The molecule has 1 N–H and O–H groups in total. The largest absolute Gasteiger partial charge is 0.393 e. The average Bonchev–Trinajstić information content (AvgIpc) is 2.61. The zero-order chi connectivity index (χ0) is 18.8. The van der Waals surface area contributed by atoms with Crippen molar-refractivity contribution in [3.8, 4) is 0 Å². The Bertz CT molecular complexity index is 250. The minimum Gasteiger partial charge on any atom is -0.393 e. The van der Waals surface area contributed by atoms with Gasteiger partial charge in [-0.1, -0.05) is 118 Å². The summed E-state index contributed by atoms with van der Waals surface area (Å²) in [5.41, 5.74) is 0. The Labute approximate surface area is 160 Å². The van der Waals surface area contributed by atoms with Crippen molar-refractivity contribution in [2.24, 2.45) is 11.8 Å². The number of hydrogen-bond acceptors (Lipinski definition) is 1. The summed E-state index contributed by atoms with van der Waals surface area (Å²) in [5, 5.41) is 10.4. The van der Waals surface area contributed by atoms with E-state index >= 15 is 0 Å². The van der Waals surface area contributed by atoms with Crippen LogP contribution in [0.2, 0.25) is 0 Å². The molecule has 0 rings (SSSR count). The zero-order valence-corrected chi connectivity index (χ0v) is 18.2. The number of hydrogen-bond donors (Lipinski definition) is 1. The molecule has 0 saturated carbocycles. The summed E-state index contributed by atoms with van der Waals surface area (Å²) < 4.78 is 0. The molecule has 1 heteroatoms. The van der Waals surface area contributed by atoms with Gasteiger partial charge in [0, 0.05) is 0 Å². The molecule has 0 radical (unpaired) electrons. The highest BCUT2D eigenvalue weighted by Gasteiger charge is 2.19. The van der Waals surface area contributed by atoms with E-state index in [-0.39, 0.29) is 6.10 Å². The fourth-order valence-corrected chi connectivity index (χ4v) is 4.15. The first kappa shape index (κ1) is 25.0. The topological polar surface area (TPSA) is 20.2 Å². The maximum atomic E-state index is 10.4. The Morgan fingerprint density at radius 3 is 1.56 bits per heavy atom. The summed E-state index contributed by atoms with van der Waals surface area (Å²) >= 11 is 0. The van der Waals surface area contributed by atoms with E-state index in [4.69, 9.17) is 0 Å². The van der Waals surface area contributed by atoms with E-state index < -0.39 is 0 Å². The van der Waals surface area contributed by atoms with Crippen LogP contribution in [0.15, 0.2) is 0 Å². The Balaban J connectivity index is 4.41. The van der Waals surface area contributed by atoms with Crippen molar-refractivity contribution < 1.29 is 5.11 Å². The van der Waals surface area contributed by atoms with Crippen molar-refractivity contribution in [3.05, 3.63) is 0 Å². The molecular weight excluding hydrogens is 304 g/mol. The fourth-order valence-electron chi connectivity index (χ4n) is 4.15. The first-order valence-corrected chi connectivity index (χ1v) is 11.9. The van der Waals surface area contributed by atoms with Crippen LogP contribution in [0, 0.1) is 11.8 Å². The van der Waals surface area contributed by atoms with Gasteiger partial charge in [-0.15, -0.1) is 0 Å². The van der Waals surface area contributed by atoms with Crippen molar-refractivity contribution in [2.45, 2.75) is 143 Å². The van der Waals surface area contributed by atoms with Gasteiger partial charge < -0.3 is 5.11 Å². The van der Waals surface area contributed by atoms with Gasteiger partial charge in [-0.3, -0.25) is 0 Å². The number of rotatable bonds is 19. The van der Waals surface area contributed by atoms with Crippen molar-refractivity contribution in [3.63, 3.8) is 0 Å².